The molecular weight excluding hydrogens is 350 g/mol. The zero-order chi connectivity index (χ0) is 19.9. The molecule has 0 saturated heterocycles. The number of nitrogens with zero attached hydrogens (tertiary/aromatic N) is 5. The molecule has 3 rings (SSSR count). The Labute approximate surface area is 166 Å². The van der Waals surface area contributed by atoms with Crippen LogP contribution in [-0.2, 0) is 26.7 Å². The van der Waals surface area contributed by atoms with Crippen molar-refractivity contribution >= 4 is 5.96 Å². The van der Waals surface area contributed by atoms with Gasteiger partial charge in [-0.05, 0) is 38.0 Å². The number of benzene rings is 1. The Morgan fingerprint density at radius 1 is 1.11 bits per heavy atom. The molecule has 0 amide bonds. The second-order valence-corrected chi connectivity index (χ2v) is 6.79. The minimum absolute atomic E-state index is 0.609. The van der Waals surface area contributed by atoms with E-state index in [1.807, 2.05) is 35.6 Å². The summed E-state index contributed by atoms with van der Waals surface area (Å²) in [6.07, 6.45) is 3.78. The number of nitrogens with one attached hydrogen (secondary N) is 2. The molecule has 7 heteroatoms. The lowest BCUT2D eigenvalue weighted by atomic mass is 10.1. The molecule has 0 spiro atoms. The topological polar surface area (TPSA) is 72.1 Å². The van der Waals surface area contributed by atoms with Crippen molar-refractivity contribution < 1.29 is 0 Å². The molecule has 7 nitrogen and oxygen atoms in total. The maximum absolute atomic E-state index is 4.79. The summed E-state index contributed by atoms with van der Waals surface area (Å²) in [5.74, 6) is 0.805. The molecule has 0 unspecified atom stereocenters. The van der Waals surface area contributed by atoms with E-state index in [0.29, 0.717) is 13.1 Å². The largest absolute Gasteiger partial charge is 0.357 e. The van der Waals surface area contributed by atoms with Crippen LogP contribution in [0, 0.1) is 13.8 Å². The lowest BCUT2D eigenvalue weighted by Gasteiger charge is -2.13. The third-order valence-corrected chi connectivity index (χ3v) is 4.85. The van der Waals surface area contributed by atoms with Gasteiger partial charge in [0.15, 0.2) is 5.96 Å². The number of rotatable bonds is 7. The van der Waals surface area contributed by atoms with Gasteiger partial charge in [0.2, 0.25) is 0 Å². The zero-order valence-electron chi connectivity index (χ0n) is 17.1. The summed E-state index contributed by atoms with van der Waals surface area (Å²) in [5, 5.41) is 15.6. The Hall–Kier alpha value is -3.09. The Bertz CT molecular complexity index is 922. The van der Waals surface area contributed by atoms with Gasteiger partial charge < -0.3 is 10.6 Å². The molecule has 0 fully saturated rings. The van der Waals surface area contributed by atoms with E-state index < -0.39 is 0 Å². The highest BCUT2D eigenvalue weighted by Crippen LogP contribution is 2.13. The van der Waals surface area contributed by atoms with Crippen molar-refractivity contribution in [2.45, 2.75) is 40.4 Å². The molecular formula is C21H29N7. The van der Waals surface area contributed by atoms with E-state index >= 15 is 0 Å². The second kappa shape index (κ2) is 9.21. The van der Waals surface area contributed by atoms with Crippen molar-refractivity contribution in [3.8, 4) is 0 Å². The first-order valence-corrected chi connectivity index (χ1v) is 9.64. The lowest BCUT2D eigenvalue weighted by Crippen LogP contribution is -2.37. The van der Waals surface area contributed by atoms with E-state index in [-0.39, 0.29) is 0 Å². The molecule has 2 heterocycles. The van der Waals surface area contributed by atoms with Crippen molar-refractivity contribution in [2.24, 2.45) is 12.0 Å². The second-order valence-electron chi connectivity index (χ2n) is 6.79. The van der Waals surface area contributed by atoms with Gasteiger partial charge >= 0.3 is 0 Å². The molecule has 2 N–H and O–H groups in total. The third kappa shape index (κ3) is 4.79. The minimum Gasteiger partial charge on any atom is -0.357 e. The van der Waals surface area contributed by atoms with E-state index in [4.69, 9.17) is 4.99 Å². The van der Waals surface area contributed by atoms with Crippen molar-refractivity contribution in [2.75, 3.05) is 6.54 Å². The summed E-state index contributed by atoms with van der Waals surface area (Å²) in [7, 11) is 1.97. The fourth-order valence-corrected chi connectivity index (χ4v) is 3.19. The number of aryl methyl sites for hydroxylation is 2. The molecule has 0 saturated carbocycles. The molecule has 0 atom stereocenters. The molecule has 148 valence electrons. The first kappa shape index (κ1) is 19.7. The van der Waals surface area contributed by atoms with Crippen LogP contribution < -0.4 is 10.6 Å². The summed E-state index contributed by atoms with van der Waals surface area (Å²) in [5.41, 5.74) is 5.86. The van der Waals surface area contributed by atoms with Crippen molar-refractivity contribution in [3.05, 3.63) is 70.8 Å². The Morgan fingerprint density at radius 3 is 2.54 bits per heavy atom. The summed E-state index contributed by atoms with van der Waals surface area (Å²) in [4.78, 5) is 4.79. The fourth-order valence-electron chi connectivity index (χ4n) is 3.19. The average Bonchev–Trinajstić information content (AvgIpc) is 3.27. The van der Waals surface area contributed by atoms with Crippen LogP contribution in [-0.4, -0.2) is 32.1 Å². The Kier molecular flexibility index (Phi) is 6.47. The quantitative estimate of drug-likeness (QED) is 0.489. The normalized spacial score (nSPS) is 11.6. The Morgan fingerprint density at radius 2 is 1.89 bits per heavy atom. The van der Waals surface area contributed by atoms with E-state index in [1.54, 1.807) is 6.20 Å². The monoisotopic (exact) mass is 379 g/mol. The number of hydrogen-bond donors (Lipinski definition) is 2. The molecule has 28 heavy (non-hydrogen) atoms. The summed E-state index contributed by atoms with van der Waals surface area (Å²) in [6, 6.07) is 10.3. The van der Waals surface area contributed by atoms with Crippen LogP contribution in [0.5, 0.6) is 0 Å². The van der Waals surface area contributed by atoms with Crippen LogP contribution in [0.1, 0.15) is 35.0 Å². The van der Waals surface area contributed by atoms with Crippen LogP contribution in [0.25, 0.3) is 0 Å². The number of hydrogen-bond acceptors (Lipinski definition) is 3. The molecule has 0 aliphatic heterocycles. The van der Waals surface area contributed by atoms with Gasteiger partial charge in [-0.15, -0.1) is 0 Å². The number of guanidine groups is 1. The van der Waals surface area contributed by atoms with Gasteiger partial charge in [-0.2, -0.15) is 10.2 Å². The fraction of sp³-hybridized carbons (Fsp3) is 0.381. The average molecular weight is 380 g/mol. The molecule has 0 bridgehead atoms. The van der Waals surface area contributed by atoms with Crippen molar-refractivity contribution in [3.63, 3.8) is 0 Å². The van der Waals surface area contributed by atoms with Gasteiger partial charge in [0.1, 0.15) is 0 Å². The summed E-state index contributed by atoms with van der Waals surface area (Å²) < 4.78 is 3.85. The smallest absolute Gasteiger partial charge is 0.191 e. The predicted octanol–water partition coefficient (Wildman–Crippen LogP) is 2.54. The highest BCUT2D eigenvalue weighted by atomic mass is 15.3. The summed E-state index contributed by atoms with van der Waals surface area (Å²) >= 11 is 0. The van der Waals surface area contributed by atoms with E-state index in [9.17, 15) is 0 Å². The van der Waals surface area contributed by atoms with Crippen LogP contribution in [0.3, 0.4) is 0 Å². The van der Waals surface area contributed by atoms with E-state index in [0.717, 1.165) is 24.7 Å². The highest BCUT2D eigenvalue weighted by Gasteiger charge is 2.10. The molecule has 1 aromatic carbocycles. The Balaban J connectivity index is 1.71. The molecule has 0 radical (unpaired) electrons. The van der Waals surface area contributed by atoms with Crippen molar-refractivity contribution in [1.82, 2.24) is 30.2 Å². The highest BCUT2D eigenvalue weighted by molar-refractivity contribution is 5.79. The zero-order valence-corrected chi connectivity index (χ0v) is 17.1. The molecule has 0 aliphatic carbocycles. The van der Waals surface area contributed by atoms with E-state index in [1.165, 1.54) is 22.4 Å². The van der Waals surface area contributed by atoms with Crippen LogP contribution in [0.4, 0.5) is 0 Å². The van der Waals surface area contributed by atoms with Gasteiger partial charge in [0.05, 0.1) is 18.8 Å². The standard InChI is InChI=1S/C21H29N7/c1-5-22-21(24-14-20-16(2)26-27(4)17(20)3)23-13-18-9-6-7-10-19(18)15-28-12-8-11-25-28/h6-12H,5,13-15H2,1-4H3,(H2,22,23,24). The van der Waals surface area contributed by atoms with Gasteiger partial charge in [-0.1, -0.05) is 24.3 Å². The minimum atomic E-state index is 0.609. The van der Waals surface area contributed by atoms with Gasteiger partial charge in [0.25, 0.3) is 0 Å². The number of aromatic nitrogens is 4. The third-order valence-electron chi connectivity index (χ3n) is 4.85. The SMILES string of the molecule is CCNC(=NCc1ccccc1Cn1cccn1)NCc1c(C)nn(C)c1C. The maximum Gasteiger partial charge on any atom is 0.191 e. The van der Waals surface area contributed by atoms with Crippen LogP contribution in [0.2, 0.25) is 0 Å². The van der Waals surface area contributed by atoms with Gasteiger partial charge in [-0.25, -0.2) is 4.99 Å². The lowest BCUT2D eigenvalue weighted by molar-refractivity contribution is 0.680. The van der Waals surface area contributed by atoms with Crippen molar-refractivity contribution in [1.29, 1.82) is 0 Å². The first-order chi connectivity index (χ1) is 13.6. The number of aliphatic imine (C=N–C) groups is 1. The maximum atomic E-state index is 4.79. The first-order valence-electron chi connectivity index (χ1n) is 9.64. The summed E-state index contributed by atoms with van der Waals surface area (Å²) in [6.45, 7) is 9.07. The molecule has 3 aromatic rings. The van der Waals surface area contributed by atoms with Gasteiger partial charge in [0, 0.05) is 43.8 Å². The van der Waals surface area contributed by atoms with Crippen LogP contribution >= 0.6 is 0 Å². The predicted molar refractivity (Wildman–Crippen MR) is 112 cm³/mol. The van der Waals surface area contributed by atoms with Gasteiger partial charge in [-0.3, -0.25) is 9.36 Å². The molecule has 0 aliphatic rings. The van der Waals surface area contributed by atoms with Crippen LogP contribution in [0.15, 0.2) is 47.7 Å². The molecule has 2 aromatic heterocycles. The van der Waals surface area contributed by atoms with E-state index in [2.05, 4.69) is 58.9 Å².